The van der Waals surface area contributed by atoms with Crippen molar-refractivity contribution in [1.82, 2.24) is 19.7 Å². The summed E-state index contributed by atoms with van der Waals surface area (Å²) in [7, 11) is 0. The van der Waals surface area contributed by atoms with Crippen molar-refractivity contribution in [2.24, 2.45) is 0 Å². The van der Waals surface area contributed by atoms with E-state index in [1.54, 1.807) is 16.7 Å². The molecule has 1 fully saturated rings. The van der Waals surface area contributed by atoms with Crippen molar-refractivity contribution in [1.29, 1.82) is 0 Å². The fourth-order valence-electron chi connectivity index (χ4n) is 4.26. The second-order valence-electron chi connectivity index (χ2n) is 7.76. The smallest absolute Gasteiger partial charge is 0.211 e. The molecule has 5 nitrogen and oxygen atoms in total. The number of nitrogens with one attached hydrogen (secondary N) is 1. The molecule has 0 saturated carbocycles. The Kier molecular flexibility index (Phi) is 5.45. The van der Waals surface area contributed by atoms with Gasteiger partial charge in [0.1, 0.15) is 5.52 Å². The van der Waals surface area contributed by atoms with Crippen molar-refractivity contribution in [2.75, 3.05) is 25.4 Å². The lowest BCUT2D eigenvalue weighted by atomic mass is 10.1. The van der Waals surface area contributed by atoms with Crippen molar-refractivity contribution in [3.8, 4) is 0 Å². The summed E-state index contributed by atoms with van der Waals surface area (Å²) in [5, 5.41) is 10.9. The van der Waals surface area contributed by atoms with Gasteiger partial charge in [0.25, 0.3) is 0 Å². The average molecular weight is 405 g/mol. The molecular weight excluding hydrogens is 378 g/mol. The van der Waals surface area contributed by atoms with Gasteiger partial charge < -0.3 is 9.47 Å². The normalized spacial score (nSPS) is 15.3. The molecule has 1 saturated heterocycles. The Morgan fingerprint density at radius 2 is 1.69 bits per heavy atom. The van der Waals surface area contributed by atoms with Crippen LogP contribution < -0.4 is 4.90 Å². The van der Waals surface area contributed by atoms with Gasteiger partial charge in [0.2, 0.25) is 5.16 Å². The molecule has 1 aliphatic rings. The minimum atomic E-state index is 0.783. The topological polar surface area (TPSA) is 48.0 Å². The van der Waals surface area contributed by atoms with Crippen LogP contribution in [-0.4, -0.2) is 45.1 Å². The van der Waals surface area contributed by atoms with E-state index in [2.05, 4.69) is 69.4 Å². The molecule has 6 heteroatoms. The van der Waals surface area contributed by atoms with E-state index in [0.717, 1.165) is 39.5 Å². The lowest BCUT2D eigenvalue weighted by Crippen LogP contribution is -3.13. The lowest BCUT2D eigenvalue weighted by molar-refractivity contribution is -0.902. The number of quaternary nitrogens is 1. The van der Waals surface area contributed by atoms with Crippen molar-refractivity contribution in [2.45, 2.75) is 31.0 Å². The number of rotatable bonds is 6. The van der Waals surface area contributed by atoms with E-state index in [9.17, 15) is 0 Å². The third kappa shape index (κ3) is 4.00. The quantitative estimate of drug-likeness (QED) is 0.502. The summed E-state index contributed by atoms with van der Waals surface area (Å²) in [6.07, 6.45) is 4.12. The van der Waals surface area contributed by atoms with Crippen LogP contribution in [-0.2, 0) is 6.54 Å². The van der Waals surface area contributed by atoms with E-state index < -0.39 is 0 Å². The van der Waals surface area contributed by atoms with Gasteiger partial charge in [0.15, 0.2) is 5.65 Å². The maximum atomic E-state index is 4.93. The Morgan fingerprint density at radius 3 is 2.55 bits per heavy atom. The largest absolute Gasteiger partial charge is 0.334 e. The summed E-state index contributed by atoms with van der Waals surface area (Å²) in [5.41, 5.74) is 4.24. The fraction of sp³-hybridized carbons (Fsp3) is 0.348. The predicted molar refractivity (Wildman–Crippen MR) is 119 cm³/mol. The van der Waals surface area contributed by atoms with Gasteiger partial charge in [-0.25, -0.2) is 4.98 Å². The lowest BCUT2D eigenvalue weighted by Gasteiger charge is -2.22. The monoisotopic (exact) mass is 404 g/mol. The van der Waals surface area contributed by atoms with Crippen molar-refractivity contribution in [3.63, 3.8) is 0 Å². The first-order valence-electron chi connectivity index (χ1n) is 10.5. The second kappa shape index (κ2) is 8.51. The molecule has 0 bridgehead atoms. The second-order valence-corrected chi connectivity index (χ2v) is 8.83. The molecule has 0 radical (unpaired) electrons. The van der Waals surface area contributed by atoms with E-state index in [1.807, 2.05) is 0 Å². The van der Waals surface area contributed by atoms with Crippen LogP contribution in [0.25, 0.3) is 22.1 Å². The Hall–Kier alpha value is -2.44. The number of piperidine rings is 1. The highest BCUT2D eigenvalue weighted by atomic mass is 32.2. The number of thioether (sulfide) groups is 1. The summed E-state index contributed by atoms with van der Waals surface area (Å²) < 4.78 is 2.27. The van der Waals surface area contributed by atoms with Crippen LogP contribution in [0, 0.1) is 0 Å². The van der Waals surface area contributed by atoms with Gasteiger partial charge in [-0.15, -0.1) is 10.2 Å². The number of para-hydroxylation sites is 1. The van der Waals surface area contributed by atoms with E-state index in [0.29, 0.717) is 0 Å². The molecule has 2 aromatic heterocycles. The molecule has 0 amide bonds. The highest BCUT2D eigenvalue weighted by Gasteiger charge is 2.16. The number of hydrogen-bond acceptors (Lipinski definition) is 4. The first-order chi connectivity index (χ1) is 14.4. The number of benzene rings is 2. The number of nitrogens with zero attached hydrogens (tertiary/aromatic N) is 4. The minimum absolute atomic E-state index is 0.783. The van der Waals surface area contributed by atoms with E-state index in [-0.39, 0.29) is 0 Å². The van der Waals surface area contributed by atoms with Crippen molar-refractivity contribution in [3.05, 3.63) is 60.2 Å². The fourth-order valence-corrected chi connectivity index (χ4v) is 5.09. The summed E-state index contributed by atoms with van der Waals surface area (Å²) in [6.45, 7) is 4.58. The Labute approximate surface area is 175 Å². The van der Waals surface area contributed by atoms with Crippen LogP contribution in [0.15, 0.2) is 59.8 Å². The van der Waals surface area contributed by atoms with Gasteiger partial charge in [-0.3, -0.25) is 0 Å². The number of aromatic nitrogens is 4. The Morgan fingerprint density at radius 1 is 0.897 bits per heavy atom. The molecule has 0 aliphatic carbocycles. The Balaban J connectivity index is 1.44. The van der Waals surface area contributed by atoms with Gasteiger partial charge in [-0.2, -0.15) is 0 Å². The molecule has 4 aromatic rings. The average Bonchev–Trinajstić information content (AvgIpc) is 3.08. The van der Waals surface area contributed by atoms with E-state index >= 15 is 0 Å². The van der Waals surface area contributed by atoms with Crippen LogP contribution in [0.2, 0.25) is 0 Å². The molecule has 1 aliphatic heterocycles. The van der Waals surface area contributed by atoms with Crippen molar-refractivity contribution >= 4 is 33.8 Å². The highest BCUT2D eigenvalue weighted by Crippen LogP contribution is 2.27. The highest BCUT2D eigenvalue weighted by molar-refractivity contribution is 7.99. The van der Waals surface area contributed by atoms with Gasteiger partial charge >= 0.3 is 0 Å². The van der Waals surface area contributed by atoms with Crippen LogP contribution in [0.1, 0.15) is 24.8 Å². The molecular formula is C23H26N5S+. The van der Waals surface area contributed by atoms with Crippen molar-refractivity contribution < 1.29 is 4.90 Å². The van der Waals surface area contributed by atoms with Gasteiger partial charge in [-0.1, -0.05) is 60.3 Å². The zero-order chi connectivity index (χ0) is 19.5. The SMILES string of the molecule is c1ccc(Cn2c3ccccc3c3nnc(SCC[NH+]4CCCCC4)nc32)cc1. The molecule has 0 unspecified atom stereocenters. The Bertz CT molecular complexity index is 1100. The molecule has 2 aromatic carbocycles. The first kappa shape index (κ1) is 18.6. The molecule has 5 rings (SSSR count). The number of fused-ring (bicyclic) bond motifs is 3. The molecule has 1 N–H and O–H groups in total. The zero-order valence-corrected chi connectivity index (χ0v) is 17.4. The van der Waals surface area contributed by atoms with Crippen LogP contribution in [0.4, 0.5) is 0 Å². The number of likely N-dealkylation sites (tertiary alicyclic amines) is 1. The summed E-state index contributed by atoms with van der Waals surface area (Å²) >= 11 is 1.73. The summed E-state index contributed by atoms with van der Waals surface area (Å²) in [6, 6.07) is 18.9. The molecule has 148 valence electrons. The van der Waals surface area contributed by atoms with E-state index in [1.165, 1.54) is 44.5 Å². The standard InChI is InChI=1S/C23H25N5S/c1-3-9-18(10-4-1)17-28-20-12-6-5-11-19(20)21-22(28)24-23(26-25-21)29-16-15-27-13-7-2-8-14-27/h1,3-6,9-12H,2,7-8,13-17H2/p+1. The minimum Gasteiger partial charge on any atom is -0.334 e. The van der Waals surface area contributed by atoms with Crippen LogP contribution in [0.3, 0.4) is 0 Å². The molecule has 0 atom stereocenters. The van der Waals surface area contributed by atoms with Crippen LogP contribution >= 0.6 is 11.8 Å². The van der Waals surface area contributed by atoms with E-state index in [4.69, 9.17) is 4.98 Å². The predicted octanol–water partition coefficient (Wildman–Crippen LogP) is 3.19. The number of hydrogen-bond donors (Lipinski definition) is 1. The van der Waals surface area contributed by atoms with Gasteiger partial charge in [-0.05, 0) is 30.9 Å². The molecule has 0 spiro atoms. The molecule has 29 heavy (non-hydrogen) atoms. The van der Waals surface area contributed by atoms with Gasteiger partial charge in [0, 0.05) is 11.9 Å². The third-order valence-corrected chi connectivity index (χ3v) is 6.62. The van der Waals surface area contributed by atoms with Crippen LogP contribution in [0.5, 0.6) is 0 Å². The summed E-state index contributed by atoms with van der Waals surface area (Å²) in [5.74, 6) is 1.04. The zero-order valence-electron chi connectivity index (χ0n) is 16.6. The maximum absolute atomic E-state index is 4.93. The third-order valence-electron chi connectivity index (χ3n) is 5.79. The molecule has 3 heterocycles. The van der Waals surface area contributed by atoms with Gasteiger partial charge in [0.05, 0.1) is 30.9 Å². The maximum Gasteiger partial charge on any atom is 0.211 e. The first-order valence-corrected chi connectivity index (χ1v) is 11.5. The summed E-state index contributed by atoms with van der Waals surface area (Å²) in [4.78, 5) is 6.65.